The molecule has 1 aromatic rings. The van der Waals surface area contributed by atoms with E-state index < -0.39 is 11.6 Å². The van der Waals surface area contributed by atoms with Crippen molar-refractivity contribution < 1.29 is 8.78 Å². The number of fused-ring (bicyclic) bond motifs is 2. The van der Waals surface area contributed by atoms with Crippen LogP contribution in [0.4, 0.5) is 8.78 Å². The highest BCUT2D eigenvalue weighted by atomic mass is 19.1. The molecule has 3 atom stereocenters. The Morgan fingerprint density at radius 2 is 1.89 bits per heavy atom. The van der Waals surface area contributed by atoms with Crippen LogP contribution in [0.25, 0.3) is 0 Å². The van der Waals surface area contributed by atoms with Gasteiger partial charge in [0.1, 0.15) is 11.6 Å². The van der Waals surface area contributed by atoms with E-state index in [0.717, 1.165) is 18.9 Å². The van der Waals surface area contributed by atoms with Gasteiger partial charge in [0.2, 0.25) is 0 Å². The van der Waals surface area contributed by atoms with Gasteiger partial charge in [-0.2, -0.15) is 0 Å². The molecule has 2 aliphatic heterocycles. The third-order valence-corrected chi connectivity index (χ3v) is 4.69. The van der Waals surface area contributed by atoms with Gasteiger partial charge in [-0.3, -0.25) is 0 Å². The molecule has 19 heavy (non-hydrogen) atoms. The second kappa shape index (κ2) is 5.17. The fraction of sp³-hybridized carbons (Fsp3) is 0.600. The first kappa shape index (κ1) is 13.0. The summed E-state index contributed by atoms with van der Waals surface area (Å²) in [7, 11) is 2.21. The van der Waals surface area contributed by atoms with E-state index in [1.165, 1.54) is 25.0 Å². The number of piperidine rings is 1. The SMILES string of the molecule is CN1[C@@H]2CC[C@H]1C[C@@H](NCc1ccc(F)cc1F)C2. The average Bonchev–Trinajstić information content (AvgIpc) is 2.62. The van der Waals surface area contributed by atoms with Crippen molar-refractivity contribution >= 4 is 0 Å². The lowest BCUT2D eigenvalue weighted by Crippen LogP contribution is -2.47. The maximum absolute atomic E-state index is 13.5. The summed E-state index contributed by atoms with van der Waals surface area (Å²) in [6, 6.07) is 5.61. The molecule has 0 amide bonds. The Hall–Kier alpha value is -1.00. The van der Waals surface area contributed by atoms with Gasteiger partial charge in [0, 0.05) is 36.3 Å². The molecule has 2 bridgehead atoms. The van der Waals surface area contributed by atoms with Crippen LogP contribution >= 0.6 is 0 Å². The molecule has 0 spiro atoms. The van der Waals surface area contributed by atoms with Crippen LogP contribution in [0.2, 0.25) is 0 Å². The van der Waals surface area contributed by atoms with E-state index in [1.807, 2.05) is 0 Å². The monoisotopic (exact) mass is 266 g/mol. The van der Waals surface area contributed by atoms with E-state index in [4.69, 9.17) is 0 Å². The Labute approximate surface area is 112 Å². The number of nitrogens with zero attached hydrogens (tertiary/aromatic N) is 1. The zero-order chi connectivity index (χ0) is 13.4. The van der Waals surface area contributed by atoms with Crippen molar-refractivity contribution in [2.45, 2.75) is 50.4 Å². The molecule has 0 radical (unpaired) electrons. The first-order valence-corrected chi connectivity index (χ1v) is 7.02. The van der Waals surface area contributed by atoms with E-state index in [9.17, 15) is 8.78 Å². The summed E-state index contributed by atoms with van der Waals surface area (Å²) in [4.78, 5) is 2.48. The Morgan fingerprint density at radius 1 is 1.21 bits per heavy atom. The average molecular weight is 266 g/mol. The maximum Gasteiger partial charge on any atom is 0.130 e. The van der Waals surface area contributed by atoms with Crippen molar-refractivity contribution in [1.82, 2.24) is 10.2 Å². The molecule has 4 heteroatoms. The molecule has 3 rings (SSSR count). The number of benzene rings is 1. The highest BCUT2D eigenvalue weighted by Gasteiger charge is 2.38. The molecular weight excluding hydrogens is 246 g/mol. The minimum atomic E-state index is -0.515. The van der Waals surface area contributed by atoms with Gasteiger partial charge < -0.3 is 10.2 Å². The lowest BCUT2D eigenvalue weighted by atomic mass is 9.98. The molecule has 2 fully saturated rings. The smallest absolute Gasteiger partial charge is 0.130 e. The molecule has 0 aromatic heterocycles. The van der Waals surface area contributed by atoms with Crippen LogP contribution in [0.5, 0.6) is 0 Å². The van der Waals surface area contributed by atoms with Crippen molar-refractivity contribution in [3.8, 4) is 0 Å². The van der Waals surface area contributed by atoms with Crippen LogP contribution in [0.3, 0.4) is 0 Å². The molecular formula is C15H20F2N2. The Bertz CT molecular complexity index is 449. The van der Waals surface area contributed by atoms with Gasteiger partial charge in [-0.25, -0.2) is 8.78 Å². The summed E-state index contributed by atoms with van der Waals surface area (Å²) in [5, 5.41) is 3.43. The van der Waals surface area contributed by atoms with Crippen molar-refractivity contribution in [3.63, 3.8) is 0 Å². The van der Waals surface area contributed by atoms with Crippen LogP contribution in [0.1, 0.15) is 31.2 Å². The summed E-state index contributed by atoms with van der Waals surface area (Å²) >= 11 is 0. The molecule has 0 unspecified atom stereocenters. The second-order valence-electron chi connectivity index (χ2n) is 5.84. The van der Waals surface area contributed by atoms with E-state index in [2.05, 4.69) is 17.3 Å². The normalized spacial score (nSPS) is 30.8. The van der Waals surface area contributed by atoms with Crippen molar-refractivity contribution in [2.24, 2.45) is 0 Å². The van der Waals surface area contributed by atoms with E-state index >= 15 is 0 Å². The fourth-order valence-electron chi connectivity index (χ4n) is 3.50. The molecule has 1 aromatic carbocycles. The van der Waals surface area contributed by atoms with E-state index in [-0.39, 0.29) is 0 Å². The van der Waals surface area contributed by atoms with Gasteiger partial charge in [0.05, 0.1) is 0 Å². The molecule has 2 saturated heterocycles. The summed E-state index contributed by atoms with van der Waals surface area (Å²) in [6.07, 6.45) is 4.83. The largest absolute Gasteiger partial charge is 0.310 e. The summed E-state index contributed by atoms with van der Waals surface area (Å²) in [6.45, 7) is 0.486. The maximum atomic E-state index is 13.5. The number of halogens is 2. The standard InChI is InChI=1S/C15H20F2N2/c1-19-13-4-5-14(19)8-12(7-13)18-9-10-2-3-11(16)6-15(10)17/h2-3,6,12-14,18H,4-5,7-9H2,1H3/t12-,13+,14-. The highest BCUT2D eigenvalue weighted by molar-refractivity contribution is 5.18. The summed E-state index contributed by atoms with van der Waals surface area (Å²) in [5.41, 5.74) is 0.549. The molecule has 0 saturated carbocycles. The molecule has 104 valence electrons. The predicted molar refractivity (Wildman–Crippen MR) is 70.8 cm³/mol. The quantitative estimate of drug-likeness (QED) is 0.905. The predicted octanol–water partition coefficient (Wildman–Crippen LogP) is 2.68. The van der Waals surface area contributed by atoms with Gasteiger partial charge in [-0.1, -0.05) is 6.07 Å². The van der Waals surface area contributed by atoms with Crippen LogP contribution in [0.15, 0.2) is 18.2 Å². The lowest BCUT2D eigenvalue weighted by molar-refractivity contribution is 0.148. The zero-order valence-corrected chi connectivity index (χ0v) is 11.2. The van der Waals surface area contributed by atoms with Crippen molar-refractivity contribution in [3.05, 3.63) is 35.4 Å². The molecule has 0 aliphatic carbocycles. The van der Waals surface area contributed by atoms with Gasteiger partial charge in [0.15, 0.2) is 0 Å². The van der Waals surface area contributed by atoms with Gasteiger partial charge >= 0.3 is 0 Å². The fourth-order valence-corrected chi connectivity index (χ4v) is 3.50. The third kappa shape index (κ3) is 2.65. The van der Waals surface area contributed by atoms with Gasteiger partial charge in [-0.05, 0) is 38.8 Å². The third-order valence-electron chi connectivity index (χ3n) is 4.69. The molecule has 2 aliphatic rings. The summed E-state index contributed by atoms with van der Waals surface area (Å²) in [5.74, 6) is -0.970. The van der Waals surface area contributed by atoms with Crippen molar-refractivity contribution in [1.29, 1.82) is 0 Å². The Morgan fingerprint density at radius 3 is 2.53 bits per heavy atom. The Balaban J connectivity index is 1.58. The number of nitrogens with one attached hydrogen (secondary N) is 1. The Kier molecular flexibility index (Phi) is 3.54. The number of hydrogen-bond acceptors (Lipinski definition) is 2. The first-order chi connectivity index (χ1) is 9.13. The van der Waals surface area contributed by atoms with Crippen LogP contribution < -0.4 is 5.32 Å². The zero-order valence-electron chi connectivity index (χ0n) is 11.2. The van der Waals surface area contributed by atoms with Crippen LogP contribution in [-0.4, -0.2) is 30.1 Å². The summed E-state index contributed by atoms with van der Waals surface area (Å²) < 4.78 is 26.4. The number of rotatable bonds is 3. The second-order valence-corrected chi connectivity index (χ2v) is 5.84. The topological polar surface area (TPSA) is 15.3 Å². The van der Waals surface area contributed by atoms with E-state index in [1.54, 1.807) is 0 Å². The first-order valence-electron chi connectivity index (χ1n) is 7.02. The highest BCUT2D eigenvalue weighted by Crippen LogP contribution is 2.34. The van der Waals surface area contributed by atoms with E-state index in [0.29, 0.717) is 30.2 Å². The van der Waals surface area contributed by atoms with Gasteiger partial charge in [-0.15, -0.1) is 0 Å². The lowest BCUT2D eigenvalue weighted by Gasteiger charge is -2.36. The molecule has 1 N–H and O–H groups in total. The molecule has 2 nitrogen and oxygen atoms in total. The van der Waals surface area contributed by atoms with Crippen LogP contribution in [-0.2, 0) is 6.54 Å². The van der Waals surface area contributed by atoms with Crippen molar-refractivity contribution in [2.75, 3.05) is 7.05 Å². The minimum absolute atomic E-state index is 0.455. The van der Waals surface area contributed by atoms with Crippen LogP contribution in [0, 0.1) is 11.6 Å². The van der Waals surface area contributed by atoms with Gasteiger partial charge in [0.25, 0.3) is 0 Å². The number of hydrogen-bond donors (Lipinski definition) is 1. The minimum Gasteiger partial charge on any atom is -0.310 e. The molecule has 2 heterocycles.